The van der Waals surface area contributed by atoms with Gasteiger partial charge in [-0.2, -0.15) is 0 Å². The lowest BCUT2D eigenvalue weighted by molar-refractivity contribution is -0.117. The highest BCUT2D eigenvalue weighted by Gasteiger charge is 2.22. The van der Waals surface area contributed by atoms with Crippen LogP contribution in [-0.2, 0) is 4.79 Å². The Balaban J connectivity index is 1.35. The Hall–Kier alpha value is -3.63. The van der Waals surface area contributed by atoms with Gasteiger partial charge < -0.3 is 20.0 Å². The third kappa shape index (κ3) is 5.55. The molecule has 0 spiro atoms. The predicted octanol–water partition coefficient (Wildman–Crippen LogP) is 4.80. The quantitative estimate of drug-likeness (QED) is 0.339. The zero-order valence-corrected chi connectivity index (χ0v) is 22.5. The Morgan fingerprint density at radius 3 is 2.73 bits per heavy atom. The lowest BCUT2D eigenvalue weighted by Crippen LogP contribution is -2.39. The molecular formula is C27H32N8OS. The molecule has 1 aliphatic rings. The summed E-state index contributed by atoms with van der Waals surface area (Å²) in [4.78, 5) is 37.0. The standard InChI is InChI=1S/C27H32N8OS/c1-5-19(17-33(2)3)34(4)25-16-28-15-24(32-25)31-23-13-21-22(14-29-23)37-27(30-21)18-8-6-9-20(12-18)35-11-7-10-26(35)36/h6,8-9,12-16,19H,5,7,10-11,17H2,1-4H3,(H,29,31,32). The summed E-state index contributed by atoms with van der Waals surface area (Å²) in [6.07, 6.45) is 7.86. The molecule has 1 unspecified atom stereocenters. The molecule has 0 radical (unpaired) electrons. The van der Waals surface area contributed by atoms with Gasteiger partial charge in [0.25, 0.3) is 0 Å². The molecule has 1 aromatic carbocycles. The largest absolute Gasteiger partial charge is 0.354 e. The van der Waals surface area contributed by atoms with E-state index in [-0.39, 0.29) is 5.91 Å². The van der Waals surface area contributed by atoms with Crippen molar-refractivity contribution in [2.75, 3.05) is 49.3 Å². The highest BCUT2D eigenvalue weighted by molar-refractivity contribution is 7.21. The number of aromatic nitrogens is 4. The van der Waals surface area contributed by atoms with Crippen LogP contribution in [0.2, 0.25) is 0 Å². The van der Waals surface area contributed by atoms with E-state index >= 15 is 0 Å². The molecule has 1 aliphatic heterocycles. The minimum atomic E-state index is 0.183. The van der Waals surface area contributed by atoms with E-state index in [0.717, 1.165) is 58.2 Å². The maximum atomic E-state index is 12.2. The van der Waals surface area contributed by atoms with Crippen molar-refractivity contribution < 1.29 is 4.79 Å². The summed E-state index contributed by atoms with van der Waals surface area (Å²) in [6, 6.07) is 10.3. The highest BCUT2D eigenvalue weighted by Crippen LogP contribution is 2.33. The van der Waals surface area contributed by atoms with Crippen LogP contribution in [0.5, 0.6) is 0 Å². The van der Waals surface area contributed by atoms with Gasteiger partial charge in [-0.25, -0.2) is 15.0 Å². The molecule has 1 N–H and O–H groups in total. The van der Waals surface area contributed by atoms with Crippen LogP contribution >= 0.6 is 11.3 Å². The van der Waals surface area contributed by atoms with Crippen molar-refractivity contribution >= 4 is 50.6 Å². The van der Waals surface area contributed by atoms with Crippen LogP contribution < -0.4 is 15.1 Å². The third-order valence-corrected chi connectivity index (χ3v) is 7.64. The first-order chi connectivity index (χ1) is 17.9. The number of carbonyl (C=O) groups is 1. The summed E-state index contributed by atoms with van der Waals surface area (Å²) in [6.45, 7) is 3.90. The number of nitrogens with one attached hydrogen (secondary N) is 1. The summed E-state index contributed by atoms with van der Waals surface area (Å²) in [5, 5.41) is 4.19. The number of anilines is 4. The number of benzene rings is 1. The van der Waals surface area contributed by atoms with Crippen molar-refractivity contribution in [3.8, 4) is 10.6 Å². The van der Waals surface area contributed by atoms with E-state index in [0.29, 0.717) is 24.1 Å². The number of carbonyl (C=O) groups excluding carboxylic acids is 1. The number of amides is 1. The van der Waals surface area contributed by atoms with E-state index in [1.54, 1.807) is 23.7 Å². The van der Waals surface area contributed by atoms with Crippen molar-refractivity contribution in [3.63, 3.8) is 0 Å². The van der Waals surface area contributed by atoms with Crippen LogP contribution in [0.1, 0.15) is 26.2 Å². The number of hydrogen-bond acceptors (Lipinski definition) is 9. The average molecular weight is 517 g/mol. The van der Waals surface area contributed by atoms with E-state index in [1.807, 2.05) is 41.4 Å². The number of thiazole rings is 1. The molecule has 1 fully saturated rings. The summed E-state index contributed by atoms with van der Waals surface area (Å²) in [5.41, 5.74) is 2.79. The number of fused-ring (bicyclic) bond motifs is 1. The fourth-order valence-corrected chi connectivity index (χ4v) is 5.52. The lowest BCUT2D eigenvalue weighted by Gasteiger charge is -2.30. The monoisotopic (exact) mass is 516 g/mol. The molecule has 1 atom stereocenters. The van der Waals surface area contributed by atoms with Crippen molar-refractivity contribution in [3.05, 3.63) is 48.9 Å². The molecule has 10 heteroatoms. The molecule has 37 heavy (non-hydrogen) atoms. The van der Waals surface area contributed by atoms with Gasteiger partial charge in [-0.05, 0) is 39.1 Å². The molecule has 9 nitrogen and oxygen atoms in total. The summed E-state index contributed by atoms with van der Waals surface area (Å²) in [7, 11) is 6.22. The third-order valence-electron chi connectivity index (χ3n) is 6.59. The van der Waals surface area contributed by atoms with Gasteiger partial charge in [-0.3, -0.25) is 9.78 Å². The molecule has 0 bridgehead atoms. The first kappa shape index (κ1) is 25.0. The van der Waals surface area contributed by atoms with Gasteiger partial charge in [-0.1, -0.05) is 19.1 Å². The first-order valence-electron chi connectivity index (χ1n) is 12.6. The zero-order chi connectivity index (χ0) is 25.9. The molecule has 3 aromatic heterocycles. The number of rotatable bonds is 9. The van der Waals surface area contributed by atoms with Gasteiger partial charge in [0, 0.05) is 56.1 Å². The van der Waals surface area contributed by atoms with Crippen LogP contribution in [0.25, 0.3) is 20.8 Å². The molecule has 1 saturated heterocycles. The Morgan fingerprint density at radius 1 is 1.11 bits per heavy atom. The van der Waals surface area contributed by atoms with Crippen molar-refractivity contribution in [2.45, 2.75) is 32.2 Å². The minimum absolute atomic E-state index is 0.183. The number of likely N-dealkylation sites (N-methyl/N-ethyl adjacent to an activating group) is 2. The van der Waals surface area contributed by atoms with Crippen LogP contribution in [0.4, 0.5) is 23.1 Å². The Labute approximate surface area is 221 Å². The lowest BCUT2D eigenvalue weighted by atomic mass is 10.2. The second-order valence-electron chi connectivity index (χ2n) is 9.58. The highest BCUT2D eigenvalue weighted by atomic mass is 32.1. The van der Waals surface area contributed by atoms with Gasteiger partial charge in [-0.15, -0.1) is 11.3 Å². The Bertz CT molecular complexity index is 1400. The van der Waals surface area contributed by atoms with Gasteiger partial charge in [0.1, 0.15) is 16.6 Å². The maximum Gasteiger partial charge on any atom is 0.227 e. The summed E-state index contributed by atoms with van der Waals surface area (Å²) >= 11 is 1.59. The average Bonchev–Trinajstić information content (AvgIpc) is 3.53. The Morgan fingerprint density at radius 2 is 1.97 bits per heavy atom. The SMILES string of the molecule is CCC(CN(C)C)N(C)c1cncc(Nc2cc3nc(-c4cccc(N5CCCC5=O)c4)sc3cn2)n1. The summed E-state index contributed by atoms with van der Waals surface area (Å²) < 4.78 is 0.997. The van der Waals surface area contributed by atoms with Crippen LogP contribution in [0.15, 0.2) is 48.9 Å². The minimum Gasteiger partial charge on any atom is -0.354 e. The second-order valence-corrected chi connectivity index (χ2v) is 10.6. The molecule has 0 saturated carbocycles. The molecule has 192 valence electrons. The van der Waals surface area contributed by atoms with Crippen molar-refractivity contribution in [2.24, 2.45) is 0 Å². The normalized spacial score (nSPS) is 14.5. The van der Waals surface area contributed by atoms with Gasteiger partial charge >= 0.3 is 0 Å². The van der Waals surface area contributed by atoms with E-state index < -0.39 is 0 Å². The van der Waals surface area contributed by atoms with Crippen molar-refractivity contribution in [1.82, 2.24) is 24.8 Å². The van der Waals surface area contributed by atoms with Gasteiger partial charge in [0.05, 0.1) is 22.6 Å². The van der Waals surface area contributed by atoms with Gasteiger partial charge in [0.2, 0.25) is 5.91 Å². The van der Waals surface area contributed by atoms with Crippen molar-refractivity contribution in [1.29, 1.82) is 0 Å². The number of hydrogen-bond donors (Lipinski definition) is 1. The van der Waals surface area contributed by atoms with E-state index in [9.17, 15) is 4.79 Å². The molecule has 4 aromatic rings. The molecular weight excluding hydrogens is 484 g/mol. The zero-order valence-electron chi connectivity index (χ0n) is 21.7. The van der Waals surface area contributed by atoms with Crippen LogP contribution in [-0.4, -0.2) is 71.0 Å². The van der Waals surface area contributed by atoms with E-state index in [1.165, 1.54) is 0 Å². The first-order valence-corrected chi connectivity index (χ1v) is 13.4. The Kier molecular flexibility index (Phi) is 7.29. The summed E-state index contributed by atoms with van der Waals surface area (Å²) in [5.74, 6) is 2.29. The van der Waals surface area contributed by atoms with Crippen LogP contribution in [0.3, 0.4) is 0 Å². The van der Waals surface area contributed by atoms with Gasteiger partial charge in [0.15, 0.2) is 5.82 Å². The van der Waals surface area contributed by atoms with E-state index in [2.05, 4.69) is 53.2 Å². The molecule has 0 aliphatic carbocycles. The number of nitrogens with zero attached hydrogens (tertiary/aromatic N) is 7. The smallest absolute Gasteiger partial charge is 0.227 e. The topological polar surface area (TPSA) is 90.4 Å². The molecule has 5 rings (SSSR count). The second kappa shape index (κ2) is 10.8. The predicted molar refractivity (Wildman–Crippen MR) is 151 cm³/mol. The molecule has 1 amide bonds. The molecule has 4 heterocycles. The number of pyridine rings is 1. The fraction of sp³-hybridized carbons (Fsp3) is 0.370. The fourth-order valence-electron chi connectivity index (χ4n) is 4.61. The van der Waals surface area contributed by atoms with Crippen LogP contribution in [0, 0.1) is 0 Å². The van der Waals surface area contributed by atoms with E-state index in [4.69, 9.17) is 9.97 Å². The maximum absolute atomic E-state index is 12.2.